The van der Waals surface area contributed by atoms with Gasteiger partial charge < -0.3 is 5.32 Å². The highest BCUT2D eigenvalue weighted by molar-refractivity contribution is 6.12. The summed E-state index contributed by atoms with van der Waals surface area (Å²) in [5.74, 6) is -0.456. The number of nitrogens with one attached hydrogen (secondary N) is 1. The lowest BCUT2D eigenvalue weighted by Crippen LogP contribution is -2.29. The van der Waals surface area contributed by atoms with Gasteiger partial charge in [0, 0.05) is 25.2 Å². The number of fused-ring (bicyclic) bond motifs is 1. The van der Waals surface area contributed by atoms with Crippen molar-refractivity contribution in [2.45, 2.75) is 19.6 Å². The Hall–Kier alpha value is -1.94. The van der Waals surface area contributed by atoms with Crippen LogP contribution < -0.4 is 5.32 Å². The van der Waals surface area contributed by atoms with Crippen molar-refractivity contribution in [1.29, 1.82) is 0 Å². The van der Waals surface area contributed by atoms with Crippen LogP contribution in [0.2, 0.25) is 0 Å². The van der Waals surface area contributed by atoms with Crippen molar-refractivity contribution in [2.75, 3.05) is 0 Å². The Morgan fingerprint density at radius 1 is 1.06 bits per heavy atom. The number of rotatable bonds is 2. The molecule has 3 rings (SSSR count). The van der Waals surface area contributed by atoms with Crippen LogP contribution in [0, 0.1) is 0 Å². The smallest absolute Gasteiger partial charge is 0.253 e. The maximum absolute atomic E-state index is 11.4. The number of hydrogen-bond acceptors (Lipinski definition) is 3. The average molecular weight is 228 g/mol. The molecule has 2 heterocycles. The number of hydrogen-bond donors (Lipinski definition) is 1. The molecule has 2 amide bonds. The van der Waals surface area contributed by atoms with Gasteiger partial charge in [-0.2, -0.15) is 0 Å². The normalized spacial score (nSPS) is 18.0. The summed E-state index contributed by atoms with van der Waals surface area (Å²) in [6, 6.07) is 6.10. The molecule has 1 aromatic carbocycles. The minimum Gasteiger partial charge on any atom is -0.309 e. The lowest BCUT2D eigenvalue weighted by Gasteiger charge is -2.14. The van der Waals surface area contributed by atoms with Gasteiger partial charge in [0.05, 0.1) is 6.54 Å². The molecular formula is C13H12N2O2. The fraction of sp³-hybridized carbons (Fsp3) is 0.231. The summed E-state index contributed by atoms with van der Waals surface area (Å²) in [6.07, 6.45) is 2.63. The van der Waals surface area contributed by atoms with E-state index < -0.39 is 0 Å². The third-order valence-corrected chi connectivity index (χ3v) is 3.14. The molecule has 4 heteroatoms. The summed E-state index contributed by atoms with van der Waals surface area (Å²) in [5.41, 5.74) is 3.55. The SMILES string of the molecule is O=C1C=CC(=O)N1Cc1ccc2c(c1)CNC2. The van der Waals surface area contributed by atoms with E-state index in [1.165, 1.54) is 28.2 Å². The van der Waals surface area contributed by atoms with Crippen LogP contribution in [0.1, 0.15) is 16.7 Å². The summed E-state index contributed by atoms with van der Waals surface area (Å²) in [6.45, 7) is 2.13. The summed E-state index contributed by atoms with van der Waals surface area (Å²) in [7, 11) is 0. The van der Waals surface area contributed by atoms with Crippen molar-refractivity contribution in [3.05, 3.63) is 47.0 Å². The Kier molecular flexibility index (Phi) is 2.30. The molecule has 0 saturated heterocycles. The third kappa shape index (κ3) is 1.76. The zero-order chi connectivity index (χ0) is 11.8. The van der Waals surface area contributed by atoms with E-state index in [0.29, 0.717) is 6.54 Å². The van der Waals surface area contributed by atoms with Crippen molar-refractivity contribution >= 4 is 11.8 Å². The molecule has 2 aliphatic heterocycles. The van der Waals surface area contributed by atoms with E-state index in [2.05, 4.69) is 17.4 Å². The molecule has 17 heavy (non-hydrogen) atoms. The van der Waals surface area contributed by atoms with Crippen LogP contribution in [-0.2, 0) is 29.2 Å². The molecule has 0 saturated carbocycles. The van der Waals surface area contributed by atoms with Gasteiger partial charge in [0.1, 0.15) is 0 Å². The van der Waals surface area contributed by atoms with Crippen molar-refractivity contribution < 1.29 is 9.59 Å². The maximum Gasteiger partial charge on any atom is 0.253 e. The standard InChI is InChI=1S/C13H12N2O2/c16-12-3-4-13(17)15(12)8-9-1-2-10-6-14-7-11(10)5-9/h1-5,14H,6-8H2. The van der Waals surface area contributed by atoms with E-state index in [1.54, 1.807) is 0 Å². The highest BCUT2D eigenvalue weighted by atomic mass is 16.2. The molecule has 0 aliphatic carbocycles. The molecular weight excluding hydrogens is 216 g/mol. The Morgan fingerprint density at radius 3 is 2.53 bits per heavy atom. The first-order chi connectivity index (χ1) is 8.24. The summed E-state index contributed by atoms with van der Waals surface area (Å²) < 4.78 is 0. The first kappa shape index (κ1) is 10.2. The highest BCUT2D eigenvalue weighted by Crippen LogP contribution is 2.19. The Labute approximate surface area is 98.9 Å². The van der Waals surface area contributed by atoms with E-state index in [0.717, 1.165) is 18.7 Å². The van der Waals surface area contributed by atoms with Gasteiger partial charge in [0.2, 0.25) is 0 Å². The van der Waals surface area contributed by atoms with Crippen molar-refractivity contribution in [1.82, 2.24) is 10.2 Å². The van der Waals surface area contributed by atoms with E-state index in [4.69, 9.17) is 0 Å². The van der Waals surface area contributed by atoms with Crippen LogP contribution in [0.4, 0.5) is 0 Å². The van der Waals surface area contributed by atoms with Crippen molar-refractivity contribution in [2.24, 2.45) is 0 Å². The number of imide groups is 1. The molecule has 4 nitrogen and oxygen atoms in total. The molecule has 0 bridgehead atoms. The van der Waals surface area contributed by atoms with Crippen LogP contribution in [-0.4, -0.2) is 16.7 Å². The first-order valence-corrected chi connectivity index (χ1v) is 5.59. The van der Waals surface area contributed by atoms with E-state index >= 15 is 0 Å². The summed E-state index contributed by atoms with van der Waals surface area (Å²) in [4.78, 5) is 24.1. The number of nitrogens with zero attached hydrogens (tertiary/aromatic N) is 1. The molecule has 0 spiro atoms. The largest absolute Gasteiger partial charge is 0.309 e. The minimum atomic E-state index is -0.228. The molecule has 0 atom stereocenters. The fourth-order valence-corrected chi connectivity index (χ4v) is 2.22. The van der Waals surface area contributed by atoms with E-state index in [1.807, 2.05) is 6.07 Å². The average Bonchev–Trinajstić information content (AvgIpc) is 2.90. The lowest BCUT2D eigenvalue weighted by molar-refractivity contribution is -0.137. The Balaban J connectivity index is 1.82. The molecule has 86 valence electrons. The van der Waals surface area contributed by atoms with Crippen LogP contribution in [0.3, 0.4) is 0 Å². The van der Waals surface area contributed by atoms with Crippen molar-refractivity contribution in [3.8, 4) is 0 Å². The molecule has 1 N–H and O–H groups in total. The number of carbonyl (C=O) groups is 2. The molecule has 0 aromatic heterocycles. The number of carbonyl (C=O) groups excluding carboxylic acids is 2. The van der Waals surface area contributed by atoms with E-state index in [9.17, 15) is 9.59 Å². The topological polar surface area (TPSA) is 49.4 Å². The van der Waals surface area contributed by atoms with Gasteiger partial charge in [-0.05, 0) is 16.7 Å². The molecule has 2 aliphatic rings. The van der Waals surface area contributed by atoms with Crippen LogP contribution >= 0.6 is 0 Å². The minimum absolute atomic E-state index is 0.228. The van der Waals surface area contributed by atoms with Crippen LogP contribution in [0.5, 0.6) is 0 Å². The zero-order valence-electron chi connectivity index (χ0n) is 9.27. The maximum atomic E-state index is 11.4. The molecule has 1 aromatic rings. The number of benzene rings is 1. The summed E-state index contributed by atoms with van der Waals surface area (Å²) in [5, 5.41) is 3.27. The van der Waals surface area contributed by atoms with Gasteiger partial charge >= 0.3 is 0 Å². The number of amides is 2. The lowest BCUT2D eigenvalue weighted by atomic mass is 10.1. The second-order valence-electron chi connectivity index (χ2n) is 4.30. The second kappa shape index (κ2) is 3.82. The van der Waals surface area contributed by atoms with Gasteiger partial charge in [0.25, 0.3) is 11.8 Å². The van der Waals surface area contributed by atoms with Gasteiger partial charge in [0.15, 0.2) is 0 Å². The van der Waals surface area contributed by atoms with E-state index in [-0.39, 0.29) is 11.8 Å². The van der Waals surface area contributed by atoms with Gasteiger partial charge in [-0.15, -0.1) is 0 Å². The van der Waals surface area contributed by atoms with Crippen LogP contribution in [0.25, 0.3) is 0 Å². The predicted octanol–water partition coefficient (Wildman–Crippen LogP) is 0.715. The highest BCUT2D eigenvalue weighted by Gasteiger charge is 2.23. The van der Waals surface area contributed by atoms with Gasteiger partial charge in [-0.25, -0.2) is 0 Å². The molecule has 0 radical (unpaired) electrons. The van der Waals surface area contributed by atoms with Crippen molar-refractivity contribution in [3.63, 3.8) is 0 Å². The van der Waals surface area contributed by atoms with Crippen LogP contribution in [0.15, 0.2) is 30.4 Å². The second-order valence-corrected chi connectivity index (χ2v) is 4.30. The Bertz CT molecular complexity index is 516. The van der Waals surface area contributed by atoms with Gasteiger partial charge in [-0.1, -0.05) is 18.2 Å². The van der Waals surface area contributed by atoms with Gasteiger partial charge in [-0.3, -0.25) is 14.5 Å². The first-order valence-electron chi connectivity index (χ1n) is 5.59. The fourth-order valence-electron chi connectivity index (χ4n) is 2.22. The predicted molar refractivity (Wildman–Crippen MR) is 61.7 cm³/mol. The molecule has 0 fully saturated rings. The monoisotopic (exact) mass is 228 g/mol. The Morgan fingerprint density at radius 2 is 1.76 bits per heavy atom. The quantitative estimate of drug-likeness (QED) is 0.759. The summed E-state index contributed by atoms with van der Waals surface area (Å²) >= 11 is 0. The third-order valence-electron chi connectivity index (χ3n) is 3.14. The molecule has 0 unspecified atom stereocenters. The zero-order valence-corrected chi connectivity index (χ0v) is 9.27.